The second-order valence-electron chi connectivity index (χ2n) is 6.05. The first-order chi connectivity index (χ1) is 10.5. The lowest BCUT2D eigenvalue weighted by atomic mass is 9.97. The highest BCUT2D eigenvalue weighted by molar-refractivity contribution is 6.31. The van der Waals surface area contributed by atoms with Crippen molar-refractivity contribution in [2.24, 2.45) is 11.8 Å². The van der Waals surface area contributed by atoms with E-state index in [-0.39, 0.29) is 30.1 Å². The Morgan fingerprint density at radius 1 is 1.36 bits per heavy atom. The largest absolute Gasteiger partial charge is 0.481 e. The van der Waals surface area contributed by atoms with Gasteiger partial charge in [-0.1, -0.05) is 17.7 Å². The summed E-state index contributed by atoms with van der Waals surface area (Å²) >= 11 is 6.04. The average molecular weight is 326 g/mol. The second-order valence-corrected chi connectivity index (χ2v) is 6.45. The number of carboxylic acid groups (broad SMARTS) is 1. The van der Waals surface area contributed by atoms with Crippen molar-refractivity contribution in [3.8, 4) is 0 Å². The molecule has 1 aromatic carbocycles. The van der Waals surface area contributed by atoms with Crippen LogP contribution in [0.3, 0.4) is 0 Å². The van der Waals surface area contributed by atoms with Gasteiger partial charge in [-0.2, -0.15) is 0 Å². The van der Waals surface area contributed by atoms with E-state index in [1.807, 2.05) is 0 Å². The number of rotatable bonds is 3. The third-order valence-corrected chi connectivity index (χ3v) is 4.89. The number of halogens is 2. The van der Waals surface area contributed by atoms with Crippen LogP contribution in [0.2, 0.25) is 5.02 Å². The Balaban J connectivity index is 1.69. The summed E-state index contributed by atoms with van der Waals surface area (Å²) in [5.74, 6) is -2.27. The van der Waals surface area contributed by atoms with Crippen LogP contribution in [0.1, 0.15) is 30.7 Å². The fourth-order valence-corrected chi connectivity index (χ4v) is 3.57. The Morgan fingerprint density at radius 3 is 2.82 bits per heavy atom. The molecule has 1 aliphatic carbocycles. The molecule has 118 valence electrons. The summed E-state index contributed by atoms with van der Waals surface area (Å²) in [6.45, 7) is 0.833. The van der Waals surface area contributed by atoms with Crippen LogP contribution < -0.4 is 0 Å². The van der Waals surface area contributed by atoms with Gasteiger partial charge in [-0.3, -0.25) is 9.59 Å². The zero-order valence-electron chi connectivity index (χ0n) is 12.0. The summed E-state index contributed by atoms with van der Waals surface area (Å²) < 4.78 is 13.9. The van der Waals surface area contributed by atoms with Crippen LogP contribution in [-0.4, -0.2) is 35.0 Å². The van der Waals surface area contributed by atoms with Gasteiger partial charge in [-0.05, 0) is 31.4 Å². The Kier molecular flexibility index (Phi) is 4.08. The van der Waals surface area contributed by atoms with Gasteiger partial charge in [0.15, 0.2) is 0 Å². The van der Waals surface area contributed by atoms with Crippen LogP contribution in [0, 0.1) is 17.7 Å². The lowest BCUT2D eigenvalue weighted by Crippen LogP contribution is -2.43. The van der Waals surface area contributed by atoms with Gasteiger partial charge in [0.05, 0.1) is 5.92 Å². The van der Waals surface area contributed by atoms with Gasteiger partial charge in [0.25, 0.3) is 0 Å². The summed E-state index contributed by atoms with van der Waals surface area (Å²) in [6, 6.07) is 4.52. The molecule has 3 atom stereocenters. The maximum atomic E-state index is 13.9. The number of piperidine rings is 1. The van der Waals surface area contributed by atoms with E-state index in [9.17, 15) is 14.0 Å². The van der Waals surface area contributed by atoms with Gasteiger partial charge in [-0.15, -0.1) is 0 Å². The highest BCUT2D eigenvalue weighted by Gasteiger charge is 2.48. The van der Waals surface area contributed by atoms with E-state index in [0.717, 1.165) is 0 Å². The standard InChI is InChI=1S/C16H17ClFNO3/c17-12-4-1-5-13(18)14(12)10-7-11(10)15(20)19-6-2-3-9(8-19)16(21)22/h1,4-5,9-11H,2-3,6-8H2,(H,21,22). The zero-order chi connectivity index (χ0) is 15.9. The fraction of sp³-hybridized carbons (Fsp3) is 0.500. The van der Waals surface area contributed by atoms with Crippen molar-refractivity contribution < 1.29 is 19.1 Å². The van der Waals surface area contributed by atoms with Crippen LogP contribution in [0.4, 0.5) is 4.39 Å². The van der Waals surface area contributed by atoms with Crippen molar-refractivity contribution in [2.75, 3.05) is 13.1 Å². The molecule has 1 saturated carbocycles. The van der Waals surface area contributed by atoms with E-state index < -0.39 is 11.9 Å². The molecule has 0 spiro atoms. The van der Waals surface area contributed by atoms with Gasteiger partial charge in [0, 0.05) is 35.5 Å². The quantitative estimate of drug-likeness (QED) is 0.929. The number of aliphatic carboxylic acids is 1. The Morgan fingerprint density at radius 2 is 2.14 bits per heavy atom. The van der Waals surface area contributed by atoms with Crippen molar-refractivity contribution in [3.05, 3.63) is 34.6 Å². The molecule has 3 rings (SSSR count). The number of likely N-dealkylation sites (tertiary alicyclic amines) is 1. The molecule has 0 aromatic heterocycles. The van der Waals surface area contributed by atoms with E-state index in [1.54, 1.807) is 17.0 Å². The molecule has 0 bridgehead atoms. The van der Waals surface area contributed by atoms with Gasteiger partial charge >= 0.3 is 5.97 Å². The molecule has 1 aliphatic heterocycles. The van der Waals surface area contributed by atoms with E-state index in [0.29, 0.717) is 36.4 Å². The molecule has 22 heavy (non-hydrogen) atoms. The van der Waals surface area contributed by atoms with Crippen molar-refractivity contribution in [2.45, 2.75) is 25.2 Å². The van der Waals surface area contributed by atoms with Crippen molar-refractivity contribution in [1.82, 2.24) is 4.90 Å². The zero-order valence-corrected chi connectivity index (χ0v) is 12.7. The molecule has 2 aliphatic rings. The monoisotopic (exact) mass is 325 g/mol. The molecule has 1 saturated heterocycles. The molecule has 4 nitrogen and oxygen atoms in total. The van der Waals surface area contributed by atoms with Crippen LogP contribution in [0.15, 0.2) is 18.2 Å². The lowest BCUT2D eigenvalue weighted by molar-refractivity contribution is -0.146. The number of nitrogens with zero attached hydrogens (tertiary/aromatic N) is 1. The fourth-order valence-electron chi connectivity index (χ4n) is 3.27. The topological polar surface area (TPSA) is 57.6 Å². The third kappa shape index (κ3) is 2.82. The summed E-state index contributed by atoms with van der Waals surface area (Å²) in [6.07, 6.45) is 1.88. The number of benzene rings is 1. The van der Waals surface area contributed by atoms with Crippen LogP contribution >= 0.6 is 11.6 Å². The van der Waals surface area contributed by atoms with Crippen LogP contribution in [-0.2, 0) is 9.59 Å². The van der Waals surface area contributed by atoms with Crippen LogP contribution in [0.25, 0.3) is 0 Å². The summed E-state index contributed by atoms with van der Waals surface area (Å²) in [4.78, 5) is 25.2. The molecule has 1 heterocycles. The number of amides is 1. The summed E-state index contributed by atoms with van der Waals surface area (Å²) in [5, 5.41) is 9.44. The first kappa shape index (κ1) is 15.3. The highest BCUT2D eigenvalue weighted by Crippen LogP contribution is 2.51. The summed E-state index contributed by atoms with van der Waals surface area (Å²) in [5.41, 5.74) is 0.411. The normalized spacial score (nSPS) is 27.5. The predicted octanol–water partition coefficient (Wildman–Crippen LogP) is 2.91. The van der Waals surface area contributed by atoms with E-state index in [1.165, 1.54) is 6.07 Å². The third-order valence-electron chi connectivity index (χ3n) is 4.56. The molecule has 1 amide bonds. The molecule has 6 heteroatoms. The molecular formula is C16H17ClFNO3. The lowest BCUT2D eigenvalue weighted by Gasteiger charge is -2.31. The Bertz CT molecular complexity index is 601. The molecule has 3 unspecified atom stereocenters. The molecule has 0 radical (unpaired) electrons. The van der Waals surface area contributed by atoms with Gasteiger partial charge < -0.3 is 10.0 Å². The molecule has 1 N–H and O–H groups in total. The van der Waals surface area contributed by atoms with E-state index in [2.05, 4.69) is 0 Å². The van der Waals surface area contributed by atoms with Gasteiger partial charge in [-0.25, -0.2) is 4.39 Å². The number of carboxylic acids is 1. The maximum Gasteiger partial charge on any atom is 0.308 e. The highest BCUT2D eigenvalue weighted by atomic mass is 35.5. The molecule has 1 aromatic rings. The van der Waals surface area contributed by atoms with E-state index in [4.69, 9.17) is 16.7 Å². The smallest absolute Gasteiger partial charge is 0.308 e. The Hall–Kier alpha value is -1.62. The minimum absolute atomic E-state index is 0.0738. The Labute approximate surface area is 132 Å². The second kappa shape index (κ2) is 5.88. The average Bonchev–Trinajstić information content (AvgIpc) is 3.26. The van der Waals surface area contributed by atoms with Crippen molar-refractivity contribution in [1.29, 1.82) is 0 Å². The first-order valence-electron chi connectivity index (χ1n) is 7.44. The minimum Gasteiger partial charge on any atom is -0.481 e. The number of hydrogen-bond acceptors (Lipinski definition) is 2. The number of carbonyl (C=O) groups excluding carboxylic acids is 1. The summed E-state index contributed by atoms with van der Waals surface area (Å²) in [7, 11) is 0. The van der Waals surface area contributed by atoms with Crippen LogP contribution in [0.5, 0.6) is 0 Å². The van der Waals surface area contributed by atoms with Crippen molar-refractivity contribution >= 4 is 23.5 Å². The molecular weight excluding hydrogens is 309 g/mol. The first-order valence-corrected chi connectivity index (χ1v) is 7.82. The minimum atomic E-state index is -0.859. The van der Waals surface area contributed by atoms with Crippen molar-refractivity contribution in [3.63, 3.8) is 0 Å². The number of carbonyl (C=O) groups is 2. The van der Waals surface area contributed by atoms with Gasteiger partial charge in [0.2, 0.25) is 5.91 Å². The molecule has 2 fully saturated rings. The predicted molar refractivity (Wildman–Crippen MR) is 79.2 cm³/mol. The van der Waals surface area contributed by atoms with Gasteiger partial charge in [0.1, 0.15) is 5.82 Å². The SMILES string of the molecule is O=C(O)C1CCCN(C(=O)C2CC2c2c(F)cccc2Cl)C1. The number of hydrogen-bond donors (Lipinski definition) is 1. The maximum absolute atomic E-state index is 13.9. The van der Waals surface area contributed by atoms with E-state index >= 15 is 0 Å².